The SMILES string of the molecule is COC(=O)c1cncc(C2CCN(C(C)=O)CC2)c1. The van der Waals surface area contributed by atoms with Crippen LogP contribution in [0.1, 0.15) is 41.6 Å². The summed E-state index contributed by atoms with van der Waals surface area (Å²) in [5.41, 5.74) is 1.53. The number of carbonyl (C=O) groups is 2. The zero-order chi connectivity index (χ0) is 13.8. The minimum atomic E-state index is -0.365. The fourth-order valence-electron chi connectivity index (χ4n) is 2.44. The Morgan fingerprint density at radius 2 is 2.00 bits per heavy atom. The summed E-state index contributed by atoms with van der Waals surface area (Å²) in [6, 6.07) is 1.84. The van der Waals surface area contributed by atoms with Gasteiger partial charge in [0.2, 0.25) is 5.91 Å². The summed E-state index contributed by atoms with van der Waals surface area (Å²) in [6.07, 6.45) is 5.12. The van der Waals surface area contributed by atoms with Gasteiger partial charge in [-0.3, -0.25) is 9.78 Å². The van der Waals surface area contributed by atoms with E-state index in [1.54, 1.807) is 13.1 Å². The molecule has 0 aliphatic carbocycles. The molecule has 1 aliphatic heterocycles. The zero-order valence-corrected chi connectivity index (χ0v) is 11.3. The van der Waals surface area contributed by atoms with Crippen molar-refractivity contribution in [3.05, 3.63) is 29.6 Å². The van der Waals surface area contributed by atoms with Gasteiger partial charge in [0, 0.05) is 32.4 Å². The number of piperidine rings is 1. The van der Waals surface area contributed by atoms with Crippen molar-refractivity contribution in [2.45, 2.75) is 25.7 Å². The second-order valence-electron chi connectivity index (χ2n) is 4.78. The van der Waals surface area contributed by atoms with Crippen LogP contribution in [0.25, 0.3) is 0 Å². The van der Waals surface area contributed by atoms with Gasteiger partial charge in [0.05, 0.1) is 12.7 Å². The highest BCUT2D eigenvalue weighted by Gasteiger charge is 2.22. The Balaban J connectivity index is 2.07. The van der Waals surface area contributed by atoms with Crippen molar-refractivity contribution < 1.29 is 14.3 Å². The van der Waals surface area contributed by atoms with Crippen LogP contribution >= 0.6 is 0 Å². The molecule has 0 atom stereocenters. The first-order chi connectivity index (χ1) is 9.11. The van der Waals surface area contributed by atoms with Gasteiger partial charge in [0.1, 0.15) is 0 Å². The van der Waals surface area contributed by atoms with Crippen LogP contribution in [0, 0.1) is 0 Å². The number of esters is 1. The smallest absolute Gasteiger partial charge is 0.339 e. The van der Waals surface area contributed by atoms with E-state index < -0.39 is 0 Å². The molecule has 5 nitrogen and oxygen atoms in total. The van der Waals surface area contributed by atoms with Gasteiger partial charge in [0.15, 0.2) is 0 Å². The average Bonchev–Trinajstić information content (AvgIpc) is 2.46. The van der Waals surface area contributed by atoms with E-state index in [4.69, 9.17) is 4.74 Å². The van der Waals surface area contributed by atoms with Gasteiger partial charge in [-0.1, -0.05) is 0 Å². The van der Waals surface area contributed by atoms with Crippen molar-refractivity contribution in [1.82, 2.24) is 9.88 Å². The first kappa shape index (κ1) is 13.5. The number of hydrogen-bond donors (Lipinski definition) is 0. The summed E-state index contributed by atoms with van der Waals surface area (Å²) >= 11 is 0. The van der Waals surface area contributed by atoms with Crippen LogP contribution in [0.2, 0.25) is 0 Å². The number of likely N-dealkylation sites (tertiary alicyclic amines) is 1. The molecule has 1 aromatic heterocycles. The predicted molar refractivity (Wildman–Crippen MR) is 69.8 cm³/mol. The summed E-state index contributed by atoms with van der Waals surface area (Å²) in [5.74, 6) is 0.114. The van der Waals surface area contributed by atoms with E-state index in [-0.39, 0.29) is 11.9 Å². The van der Waals surface area contributed by atoms with Crippen molar-refractivity contribution in [2.24, 2.45) is 0 Å². The van der Waals surface area contributed by atoms with E-state index in [0.717, 1.165) is 31.5 Å². The number of aromatic nitrogens is 1. The first-order valence-corrected chi connectivity index (χ1v) is 6.40. The molecule has 0 bridgehead atoms. The Kier molecular flexibility index (Phi) is 4.14. The molecular formula is C14H18N2O3. The molecule has 0 saturated carbocycles. The molecule has 0 aromatic carbocycles. The minimum absolute atomic E-state index is 0.125. The Bertz CT molecular complexity index is 479. The van der Waals surface area contributed by atoms with Crippen LogP contribution in [-0.2, 0) is 9.53 Å². The molecule has 1 aromatic rings. The lowest BCUT2D eigenvalue weighted by molar-refractivity contribution is -0.129. The van der Waals surface area contributed by atoms with Crippen LogP contribution in [-0.4, -0.2) is 42.0 Å². The minimum Gasteiger partial charge on any atom is -0.465 e. The second-order valence-corrected chi connectivity index (χ2v) is 4.78. The Hall–Kier alpha value is -1.91. The molecular weight excluding hydrogens is 244 g/mol. The third-order valence-electron chi connectivity index (χ3n) is 3.59. The normalized spacial score (nSPS) is 16.2. The molecule has 0 N–H and O–H groups in total. The monoisotopic (exact) mass is 262 g/mol. The highest BCUT2D eigenvalue weighted by atomic mass is 16.5. The van der Waals surface area contributed by atoms with Gasteiger partial charge < -0.3 is 9.64 Å². The summed E-state index contributed by atoms with van der Waals surface area (Å²) in [5, 5.41) is 0. The third kappa shape index (κ3) is 3.10. The number of methoxy groups -OCH3 is 1. The number of amides is 1. The van der Waals surface area contributed by atoms with Gasteiger partial charge >= 0.3 is 5.97 Å². The Labute approximate surface area is 112 Å². The largest absolute Gasteiger partial charge is 0.465 e. The number of carbonyl (C=O) groups excluding carboxylic acids is 2. The summed E-state index contributed by atoms with van der Waals surface area (Å²) in [6.45, 7) is 3.13. The second kappa shape index (κ2) is 5.82. The summed E-state index contributed by atoms with van der Waals surface area (Å²) in [7, 11) is 1.36. The topological polar surface area (TPSA) is 59.5 Å². The number of rotatable bonds is 2. The van der Waals surface area contributed by atoms with Gasteiger partial charge in [-0.25, -0.2) is 4.79 Å². The molecule has 1 aliphatic rings. The van der Waals surface area contributed by atoms with Crippen LogP contribution in [0.15, 0.2) is 18.5 Å². The Morgan fingerprint density at radius 1 is 1.32 bits per heavy atom. The third-order valence-corrected chi connectivity index (χ3v) is 3.59. The van der Waals surface area contributed by atoms with Crippen molar-refractivity contribution in [1.29, 1.82) is 0 Å². The van der Waals surface area contributed by atoms with Crippen LogP contribution in [0.5, 0.6) is 0 Å². The maximum atomic E-state index is 11.5. The molecule has 2 rings (SSSR count). The number of ether oxygens (including phenoxy) is 1. The van der Waals surface area contributed by atoms with Crippen molar-refractivity contribution in [3.8, 4) is 0 Å². The fraction of sp³-hybridized carbons (Fsp3) is 0.500. The number of nitrogens with zero attached hydrogens (tertiary/aromatic N) is 2. The molecule has 0 radical (unpaired) electrons. The molecule has 102 valence electrons. The Morgan fingerprint density at radius 3 is 2.58 bits per heavy atom. The quantitative estimate of drug-likeness (QED) is 0.759. The fourth-order valence-corrected chi connectivity index (χ4v) is 2.44. The average molecular weight is 262 g/mol. The predicted octanol–water partition coefficient (Wildman–Crippen LogP) is 1.59. The molecule has 2 heterocycles. The van der Waals surface area contributed by atoms with Crippen LogP contribution < -0.4 is 0 Å². The summed E-state index contributed by atoms with van der Waals surface area (Å²) in [4.78, 5) is 28.7. The lowest BCUT2D eigenvalue weighted by Crippen LogP contribution is -2.36. The van der Waals surface area contributed by atoms with E-state index in [1.165, 1.54) is 13.3 Å². The molecule has 1 amide bonds. The van der Waals surface area contributed by atoms with E-state index in [2.05, 4.69) is 4.98 Å². The summed E-state index contributed by atoms with van der Waals surface area (Å²) < 4.78 is 4.70. The number of hydrogen-bond acceptors (Lipinski definition) is 4. The van der Waals surface area contributed by atoms with E-state index in [1.807, 2.05) is 11.0 Å². The van der Waals surface area contributed by atoms with E-state index in [0.29, 0.717) is 11.5 Å². The van der Waals surface area contributed by atoms with Crippen LogP contribution in [0.3, 0.4) is 0 Å². The van der Waals surface area contributed by atoms with Crippen LogP contribution in [0.4, 0.5) is 0 Å². The van der Waals surface area contributed by atoms with E-state index in [9.17, 15) is 9.59 Å². The highest BCUT2D eigenvalue weighted by Crippen LogP contribution is 2.28. The lowest BCUT2D eigenvalue weighted by Gasteiger charge is -2.31. The molecule has 0 unspecified atom stereocenters. The van der Waals surface area contributed by atoms with Gasteiger partial charge in [-0.05, 0) is 30.4 Å². The van der Waals surface area contributed by atoms with Gasteiger partial charge in [0.25, 0.3) is 0 Å². The standard InChI is InChI=1S/C14H18N2O3/c1-10(17)16-5-3-11(4-6-16)12-7-13(9-15-8-12)14(18)19-2/h7-9,11H,3-6H2,1-2H3. The molecule has 0 spiro atoms. The van der Waals surface area contributed by atoms with Gasteiger partial charge in [-0.2, -0.15) is 0 Å². The molecule has 1 fully saturated rings. The van der Waals surface area contributed by atoms with Crippen molar-refractivity contribution >= 4 is 11.9 Å². The van der Waals surface area contributed by atoms with Gasteiger partial charge in [-0.15, -0.1) is 0 Å². The molecule has 1 saturated heterocycles. The van der Waals surface area contributed by atoms with E-state index >= 15 is 0 Å². The molecule has 19 heavy (non-hydrogen) atoms. The number of pyridine rings is 1. The van der Waals surface area contributed by atoms with Crippen molar-refractivity contribution in [2.75, 3.05) is 20.2 Å². The highest BCUT2D eigenvalue weighted by molar-refractivity contribution is 5.89. The molecule has 5 heteroatoms. The zero-order valence-electron chi connectivity index (χ0n) is 11.3. The maximum absolute atomic E-state index is 11.5. The lowest BCUT2D eigenvalue weighted by atomic mass is 9.90. The first-order valence-electron chi connectivity index (χ1n) is 6.40. The maximum Gasteiger partial charge on any atom is 0.339 e. The van der Waals surface area contributed by atoms with Crippen molar-refractivity contribution in [3.63, 3.8) is 0 Å².